The number of carbonyl (C=O) groups is 1. The van der Waals surface area contributed by atoms with Crippen LogP contribution in [0.1, 0.15) is 36.2 Å². The van der Waals surface area contributed by atoms with Crippen molar-refractivity contribution in [2.75, 3.05) is 27.2 Å². The number of amides is 1. The molecule has 1 amide bonds. The fraction of sp³-hybridized carbons (Fsp3) is 0.769. The maximum Gasteiger partial charge on any atom is 0.275 e. The molecule has 1 spiro atoms. The predicted molar refractivity (Wildman–Crippen MR) is 74.2 cm³/mol. The number of hydrogen-bond donors (Lipinski definition) is 0. The first-order valence-corrected chi connectivity index (χ1v) is 7.66. The normalized spacial score (nSPS) is 22.8. The summed E-state index contributed by atoms with van der Waals surface area (Å²) in [5.74, 6) is 0.0482. The number of nitrogens with zero attached hydrogens (tertiary/aromatic N) is 4. The monoisotopic (exact) mass is 280 g/mol. The smallest absolute Gasteiger partial charge is 0.275 e. The van der Waals surface area contributed by atoms with E-state index in [9.17, 15) is 4.79 Å². The standard InChI is InChI=1S/C13H20N4OS/c1-16(2)10-7-13(8-10)3-5-17(6-4-13)12(18)11-9-19-15-14-11/h9-10H,3-8H2,1-2H3. The Labute approximate surface area is 117 Å². The van der Waals surface area contributed by atoms with E-state index in [4.69, 9.17) is 0 Å². The highest BCUT2D eigenvalue weighted by atomic mass is 32.1. The third-order valence-electron chi connectivity index (χ3n) is 4.76. The van der Waals surface area contributed by atoms with Crippen LogP contribution in [0.15, 0.2) is 5.38 Å². The Hall–Kier alpha value is -1.01. The number of rotatable bonds is 2. The van der Waals surface area contributed by atoms with Gasteiger partial charge in [0.15, 0.2) is 5.69 Å². The molecular formula is C13H20N4OS. The van der Waals surface area contributed by atoms with Gasteiger partial charge in [-0.25, -0.2) is 0 Å². The van der Waals surface area contributed by atoms with Crippen molar-refractivity contribution in [1.82, 2.24) is 19.4 Å². The van der Waals surface area contributed by atoms with Gasteiger partial charge in [-0.15, -0.1) is 5.10 Å². The summed E-state index contributed by atoms with van der Waals surface area (Å²) in [5.41, 5.74) is 1.01. The van der Waals surface area contributed by atoms with Crippen molar-refractivity contribution in [1.29, 1.82) is 0 Å². The molecule has 2 fully saturated rings. The van der Waals surface area contributed by atoms with Gasteiger partial charge in [0, 0.05) is 24.5 Å². The van der Waals surface area contributed by atoms with Gasteiger partial charge in [0.05, 0.1) is 0 Å². The van der Waals surface area contributed by atoms with Gasteiger partial charge in [-0.3, -0.25) is 4.79 Å². The van der Waals surface area contributed by atoms with Gasteiger partial charge < -0.3 is 9.80 Å². The van der Waals surface area contributed by atoms with Crippen molar-refractivity contribution in [3.05, 3.63) is 11.1 Å². The highest BCUT2D eigenvalue weighted by Gasteiger charge is 2.47. The maximum absolute atomic E-state index is 12.2. The molecule has 6 heteroatoms. The minimum Gasteiger partial charge on any atom is -0.337 e. The molecule has 2 aliphatic rings. The third-order valence-corrected chi connectivity index (χ3v) is 5.26. The van der Waals surface area contributed by atoms with Crippen LogP contribution >= 0.6 is 11.5 Å². The van der Waals surface area contributed by atoms with Crippen LogP contribution in [0.4, 0.5) is 0 Å². The zero-order valence-corrected chi connectivity index (χ0v) is 12.3. The zero-order chi connectivity index (χ0) is 13.5. The minimum absolute atomic E-state index is 0.0482. The quantitative estimate of drug-likeness (QED) is 0.823. The molecule has 0 N–H and O–H groups in total. The molecule has 0 unspecified atom stereocenters. The summed E-state index contributed by atoms with van der Waals surface area (Å²) in [6, 6.07) is 0.741. The van der Waals surface area contributed by atoms with Crippen LogP contribution in [0.25, 0.3) is 0 Å². The summed E-state index contributed by atoms with van der Waals surface area (Å²) in [5, 5.41) is 5.60. The molecule has 104 valence electrons. The average Bonchev–Trinajstić information content (AvgIpc) is 2.89. The lowest BCUT2D eigenvalue weighted by molar-refractivity contribution is -0.0232. The van der Waals surface area contributed by atoms with Crippen molar-refractivity contribution in [3.8, 4) is 0 Å². The number of carbonyl (C=O) groups excluding carboxylic acids is 1. The van der Waals surface area contributed by atoms with E-state index >= 15 is 0 Å². The van der Waals surface area contributed by atoms with E-state index in [0.717, 1.165) is 32.0 Å². The van der Waals surface area contributed by atoms with E-state index in [-0.39, 0.29) is 5.91 Å². The van der Waals surface area contributed by atoms with Gasteiger partial charge in [0.25, 0.3) is 5.91 Å². The topological polar surface area (TPSA) is 49.3 Å². The summed E-state index contributed by atoms with van der Waals surface area (Å²) in [4.78, 5) is 16.4. The van der Waals surface area contributed by atoms with E-state index in [1.807, 2.05) is 4.90 Å². The first-order valence-electron chi connectivity index (χ1n) is 6.82. The first-order chi connectivity index (χ1) is 9.10. The molecule has 1 aliphatic carbocycles. The molecule has 2 heterocycles. The van der Waals surface area contributed by atoms with Crippen molar-refractivity contribution in [2.24, 2.45) is 5.41 Å². The van der Waals surface area contributed by atoms with Crippen molar-refractivity contribution in [3.63, 3.8) is 0 Å². The molecule has 1 saturated heterocycles. The van der Waals surface area contributed by atoms with Gasteiger partial charge in [0.1, 0.15) is 0 Å². The van der Waals surface area contributed by atoms with Gasteiger partial charge in [-0.1, -0.05) is 4.49 Å². The van der Waals surface area contributed by atoms with E-state index in [0.29, 0.717) is 11.1 Å². The maximum atomic E-state index is 12.2. The number of hydrogen-bond acceptors (Lipinski definition) is 5. The molecule has 5 nitrogen and oxygen atoms in total. The first kappa shape index (κ1) is 13.0. The minimum atomic E-state index is 0.0482. The van der Waals surface area contributed by atoms with E-state index in [1.165, 1.54) is 24.4 Å². The van der Waals surface area contributed by atoms with Crippen LogP contribution in [-0.2, 0) is 0 Å². The SMILES string of the molecule is CN(C)C1CC2(CCN(C(=O)c3csnn3)CC2)C1. The van der Waals surface area contributed by atoms with Crippen LogP contribution in [0.3, 0.4) is 0 Å². The predicted octanol–water partition coefficient (Wildman–Crippen LogP) is 1.48. The molecule has 1 aliphatic heterocycles. The van der Waals surface area contributed by atoms with Gasteiger partial charge in [-0.2, -0.15) is 0 Å². The molecule has 19 heavy (non-hydrogen) atoms. The second-order valence-electron chi connectivity index (χ2n) is 6.11. The van der Waals surface area contributed by atoms with E-state index in [2.05, 4.69) is 28.6 Å². The van der Waals surface area contributed by atoms with Crippen LogP contribution in [-0.4, -0.2) is 58.5 Å². The highest BCUT2D eigenvalue weighted by molar-refractivity contribution is 7.03. The Morgan fingerprint density at radius 1 is 1.42 bits per heavy atom. The van der Waals surface area contributed by atoms with Crippen LogP contribution in [0.5, 0.6) is 0 Å². The molecule has 1 aromatic heterocycles. The average molecular weight is 280 g/mol. The number of aromatic nitrogens is 2. The largest absolute Gasteiger partial charge is 0.337 e. The van der Waals surface area contributed by atoms with Gasteiger partial charge >= 0.3 is 0 Å². The molecule has 3 rings (SSSR count). The second kappa shape index (κ2) is 4.83. The Morgan fingerprint density at radius 2 is 2.11 bits per heavy atom. The summed E-state index contributed by atoms with van der Waals surface area (Å²) in [7, 11) is 4.32. The van der Waals surface area contributed by atoms with E-state index < -0.39 is 0 Å². The Kier molecular flexibility index (Phi) is 3.30. The molecular weight excluding hydrogens is 260 g/mol. The lowest BCUT2D eigenvalue weighted by Gasteiger charge is -2.54. The summed E-state index contributed by atoms with van der Waals surface area (Å²) in [6.07, 6.45) is 4.86. The number of likely N-dealkylation sites (tertiary alicyclic amines) is 1. The fourth-order valence-electron chi connectivity index (χ4n) is 3.32. The summed E-state index contributed by atoms with van der Waals surface area (Å²) >= 11 is 1.24. The Morgan fingerprint density at radius 3 is 2.63 bits per heavy atom. The second-order valence-corrected chi connectivity index (χ2v) is 6.72. The van der Waals surface area contributed by atoms with Gasteiger partial charge in [0.2, 0.25) is 0 Å². The van der Waals surface area contributed by atoms with Gasteiger partial charge in [-0.05, 0) is 56.7 Å². The van der Waals surface area contributed by atoms with Crippen molar-refractivity contribution < 1.29 is 4.79 Å². The third kappa shape index (κ3) is 2.39. The van der Waals surface area contributed by atoms with Crippen LogP contribution in [0.2, 0.25) is 0 Å². The molecule has 0 radical (unpaired) electrons. The van der Waals surface area contributed by atoms with E-state index in [1.54, 1.807) is 5.38 Å². The zero-order valence-electron chi connectivity index (χ0n) is 11.5. The molecule has 0 bridgehead atoms. The Bertz CT molecular complexity index is 443. The van der Waals surface area contributed by atoms with Crippen molar-refractivity contribution >= 4 is 17.4 Å². The lowest BCUT2D eigenvalue weighted by atomic mass is 9.60. The van der Waals surface area contributed by atoms with Crippen LogP contribution in [0, 0.1) is 5.41 Å². The van der Waals surface area contributed by atoms with Crippen LogP contribution < -0.4 is 0 Å². The number of piperidine rings is 1. The fourth-order valence-corrected chi connectivity index (χ4v) is 3.75. The van der Waals surface area contributed by atoms with Crippen molar-refractivity contribution in [2.45, 2.75) is 31.7 Å². The summed E-state index contributed by atoms with van der Waals surface area (Å²) in [6.45, 7) is 1.74. The molecule has 0 aromatic carbocycles. The highest BCUT2D eigenvalue weighted by Crippen LogP contribution is 2.50. The Balaban J connectivity index is 1.55. The molecule has 0 atom stereocenters. The summed E-state index contributed by atoms with van der Waals surface area (Å²) < 4.78 is 3.76. The molecule has 1 aromatic rings. The molecule has 1 saturated carbocycles. The lowest BCUT2D eigenvalue weighted by Crippen LogP contribution is -2.54.